The quantitative estimate of drug-likeness (QED) is 0.745. The molecule has 0 spiro atoms. The number of hydrogen-bond donors (Lipinski definition) is 0. The monoisotopic (exact) mass is 249 g/mol. The van der Waals surface area contributed by atoms with Crippen LogP contribution in [0.3, 0.4) is 0 Å². The molecular formula is C13H19N3O2. The SMILES string of the molecule is CC(C)COC(=O)c1cnc(C=CN(C)C)cn1. The molecule has 0 saturated heterocycles. The van der Waals surface area contributed by atoms with Crippen LogP contribution >= 0.6 is 0 Å². The summed E-state index contributed by atoms with van der Waals surface area (Å²) in [5.74, 6) is -0.122. The van der Waals surface area contributed by atoms with E-state index in [2.05, 4.69) is 9.97 Å². The van der Waals surface area contributed by atoms with Gasteiger partial charge < -0.3 is 9.64 Å². The van der Waals surface area contributed by atoms with Crippen molar-refractivity contribution in [1.82, 2.24) is 14.9 Å². The van der Waals surface area contributed by atoms with Crippen molar-refractivity contribution in [2.45, 2.75) is 13.8 Å². The van der Waals surface area contributed by atoms with Crippen molar-refractivity contribution < 1.29 is 9.53 Å². The second-order valence-electron chi connectivity index (χ2n) is 4.60. The second-order valence-corrected chi connectivity index (χ2v) is 4.60. The van der Waals surface area contributed by atoms with Crippen molar-refractivity contribution in [3.05, 3.63) is 30.0 Å². The van der Waals surface area contributed by atoms with Crippen LogP contribution in [-0.4, -0.2) is 41.5 Å². The first-order chi connectivity index (χ1) is 8.49. The van der Waals surface area contributed by atoms with Crippen molar-refractivity contribution in [2.24, 2.45) is 5.92 Å². The largest absolute Gasteiger partial charge is 0.461 e. The van der Waals surface area contributed by atoms with Crippen molar-refractivity contribution in [3.8, 4) is 0 Å². The van der Waals surface area contributed by atoms with E-state index < -0.39 is 5.97 Å². The number of carbonyl (C=O) groups is 1. The van der Waals surface area contributed by atoms with E-state index in [-0.39, 0.29) is 5.69 Å². The van der Waals surface area contributed by atoms with Crippen LogP contribution < -0.4 is 0 Å². The Morgan fingerprint density at radius 3 is 2.61 bits per heavy atom. The molecule has 1 aromatic rings. The minimum absolute atomic E-state index is 0.234. The molecule has 0 aliphatic heterocycles. The number of aromatic nitrogens is 2. The average Bonchev–Trinajstić information content (AvgIpc) is 2.34. The van der Waals surface area contributed by atoms with Crippen molar-refractivity contribution in [2.75, 3.05) is 20.7 Å². The van der Waals surface area contributed by atoms with Gasteiger partial charge in [-0.25, -0.2) is 9.78 Å². The molecule has 1 aromatic heterocycles. The third-order valence-electron chi connectivity index (χ3n) is 1.97. The van der Waals surface area contributed by atoms with E-state index >= 15 is 0 Å². The lowest BCUT2D eigenvalue weighted by atomic mass is 10.2. The van der Waals surface area contributed by atoms with E-state index in [0.717, 1.165) is 0 Å². The summed E-state index contributed by atoms with van der Waals surface area (Å²) in [5, 5.41) is 0. The topological polar surface area (TPSA) is 55.3 Å². The predicted octanol–water partition coefficient (Wildman–Crippen LogP) is 1.82. The first-order valence-electron chi connectivity index (χ1n) is 5.83. The molecule has 0 atom stereocenters. The van der Waals surface area contributed by atoms with E-state index in [1.165, 1.54) is 6.20 Å². The third kappa shape index (κ3) is 4.95. The Kier molecular flexibility index (Phi) is 5.30. The summed E-state index contributed by atoms with van der Waals surface area (Å²) in [6.45, 7) is 4.35. The zero-order valence-electron chi connectivity index (χ0n) is 11.3. The van der Waals surface area contributed by atoms with Gasteiger partial charge in [-0.2, -0.15) is 0 Å². The molecule has 0 radical (unpaired) electrons. The minimum atomic E-state index is -0.431. The molecule has 0 aromatic carbocycles. The van der Waals surface area contributed by atoms with Gasteiger partial charge in [0.15, 0.2) is 5.69 Å². The van der Waals surface area contributed by atoms with Gasteiger partial charge in [0.25, 0.3) is 0 Å². The van der Waals surface area contributed by atoms with Crippen LogP contribution in [0.15, 0.2) is 18.6 Å². The molecule has 18 heavy (non-hydrogen) atoms. The Labute approximate surface area is 108 Å². The number of rotatable bonds is 5. The van der Waals surface area contributed by atoms with Crippen LogP contribution in [0.1, 0.15) is 30.0 Å². The highest BCUT2D eigenvalue weighted by Crippen LogP contribution is 2.02. The molecule has 0 amide bonds. The highest BCUT2D eigenvalue weighted by atomic mass is 16.5. The number of carbonyl (C=O) groups excluding carboxylic acids is 1. The molecule has 5 nitrogen and oxygen atoms in total. The summed E-state index contributed by atoms with van der Waals surface area (Å²) in [4.78, 5) is 21.6. The highest BCUT2D eigenvalue weighted by molar-refractivity contribution is 5.86. The summed E-state index contributed by atoms with van der Waals surface area (Å²) >= 11 is 0. The van der Waals surface area contributed by atoms with Crippen LogP contribution in [0, 0.1) is 5.92 Å². The normalized spacial score (nSPS) is 10.9. The molecule has 0 bridgehead atoms. The van der Waals surface area contributed by atoms with E-state index in [1.54, 1.807) is 6.20 Å². The fourth-order valence-electron chi connectivity index (χ4n) is 1.07. The van der Waals surface area contributed by atoms with Gasteiger partial charge in [0.05, 0.1) is 24.7 Å². The molecule has 0 fully saturated rings. The molecule has 0 aliphatic rings. The fourth-order valence-corrected chi connectivity index (χ4v) is 1.07. The third-order valence-corrected chi connectivity index (χ3v) is 1.97. The minimum Gasteiger partial charge on any atom is -0.461 e. The summed E-state index contributed by atoms with van der Waals surface area (Å²) in [6.07, 6.45) is 6.65. The maximum absolute atomic E-state index is 11.6. The van der Waals surface area contributed by atoms with Crippen LogP contribution in [0.2, 0.25) is 0 Å². The van der Waals surface area contributed by atoms with Crippen molar-refractivity contribution in [1.29, 1.82) is 0 Å². The van der Waals surface area contributed by atoms with Gasteiger partial charge in [0.2, 0.25) is 0 Å². The summed E-state index contributed by atoms with van der Waals surface area (Å²) in [5.41, 5.74) is 0.932. The molecule has 1 rings (SSSR count). The summed E-state index contributed by atoms with van der Waals surface area (Å²) < 4.78 is 5.06. The van der Waals surface area contributed by atoms with Gasteiger partial charge in [-0.3, -0.25) is 4.98 Å². The van der Waals surface area contributed by atoms with Gasteiger partial charge in [-0.1, -0.05) is 13.8 Å². The second kappa shape index (κ2) is 6.74. The highest BCUT2D eigenvalue weighted by Gasteiger charge is 2.09. The number of hydrogen-bond acceptors (Lipinski definition) is 5. The Morgan fingerprint density at radius 1 is 1.39 bits per heavy atom. The number of nitrogens with zero attached hydrogens (tertiary/aromatic N) is 3. The van der Waals surface area contributed by atoms with E-state index in [1.807, 2.05) is 45.1 Å². The molecule has 0 unspecified atom stereocenters. The summed E-state index contributed by atoms with van der Waals surface area (Å²) in [7, 11) is 3.84. The standard InChI is InChI=1S/C13H19N3O2/c1-10(2)9-18-13(17)12-8-14-11(7-15-12)5-6-16(3)4/h5-8,10H,9H2,1-4H3. The Balaban J connectivity index is 2.62. The maximum atomic E-state index is 11.6. The van der Waals surface area contributed by atoms with Gasteiger partial charge in [0, 0.05) is 20.3 Å². The van der Waals surface area contributed by atoms with Crippen LogP contribution in [0.5, 0.6) is 0 Å². The zero-order chi connectivity index (χ0) is 13.5. The van der Waals surface area contributed by atoms with Gasteiger partial charge >= 0.3 is 5.97 Å². The molecule has 98 valence electrons. The lowest BCUT2D eigenvalue weighted by Gasteiger charge is -2.06. The smallest absolute Gasteiger partial charge is 0.358 e. The molecule has 5 heteroatoms. The molecular weight excluding hydrogens is 230 g/mol. The van der Waals surface area contributed by atoms with E-state index in [4.69, 9.17) is 4.74 Å². The van der Waals surface area contributed by atoms with Crippen molar-refractivity contribution >= 4 is 12.0 Å². The first kappa shape index (κ1) is 14.2. The molecule has 1 heterocycles. The van der Waals surface area contributed by atoms with Gasteiger partial charge in [0.1, 0.15) is 0 Å². The van der Waals surface area contributed by atoms with Gasteiger partial charge in [-0.15, -0.1) is 0 Å². The van der Waals surface area contributed by atoms with Crippen molar-refractivity contribution in [3.63, 3.8) is 0 Å². The fraction of sp³-hybridized carbons (Fsp3) is 0.462. The molecule has 0 aliphatic carbocycles. The van der Waals surface area contributed by atoms with Crippen LogP contribution in [-0.2, 0) is 4.74 Å². The van der Waals surface area contributed by atoms with E-state index in [0.29, 0.717) is 18.2 Å². The predicted molar refractivity (Wildman–Crippen MR) is 69.9 cm³/mol. The lowest BCUT2D eigenvalue weighted by Crippen LogP contribution is -2.12. The number of ether oxygens (including phenoxy) is 1. The van der Waals surface area contributed by atoms with Crippen LogP contribution in [0.25, 0.3) is 6.08 Å². The van der Waals surface area contributed by atoms with E-state index in [9.17, 15) is 4.79 Å². The van der Waals surface area contributed by atoms with Gasteiger partial charge in [-0.05, 0) is 12.0 Å². The lowest BCUT2D eigenvalue weighted by molar-refractivity contribution is 0.0451. The molecule has 0 saturated carbocycles. The Morgan fingerprint density at radius 2 is 2.11 bits per heavy atom. The summed E-state index contributed by atoms with van der Waals surface area (Å²) in [6, 6.07) is 0. The number of esters is 1. The van der Waals surface area contributed by atoms with Crippen LogP contribution in [0.4, 0.5) is 0 Å². The molecule has 0 N–H and O–H groups in total. The Bertz CT molecular complexity index is 411. The first-order valence-corrected chi connectivity index (χ1v) is 5.83. The zero-order valence-corrected chi connectivity index (χ0v) is 11.3. The Hall–Kier alpha value is -1.91. The average molecular weight is 249 g/mol. The maximum Gasteiger partial charge on any atom is 0.358 e.